The van der Waals surface area contributed by atoms with Crippen molar-refractivity contribution in [3.05, 3.63) is 53.5 Å². The molecule has 2 nitrogen and oxygen atoms in total. The minimum absolute atomic E-state index is 0.222. The van der Waals surface area contributed by atoms with Crippen LogP contribution in [-0.2, 0) is 11.2 Å². The van der Waals surface area contributed by atoms with Crippen molar-refractivity contribution in [2.75, 3.05) is 0 Å². The zero-order valence-corrected chi connectivity index (χ0v) is 15.9. The van der Waals surface area contributed by atoms with Gasteiger partial charge in [0.25, 0.3) is 0 Å². The number of carbonyl (C=O) groups is 1. The van der Waals surface area contributed by atoms with Gasteiger partial charge in [0.05, 0.1) is 0 Å². The molecule has 0 radical (unpaired) electrons. The molecule has 2 aromatic rings. The van der Waals surface area contributed by atoms with E-state index < -0.39 is 0 Å². The molecular formula is C22H28FNO. The minimum atomic E-state index is -0.387. The summed E-state index contributed by atoms with van der Waals surface area (Å²) in [4.78, 5) is 17.3. The Bertz CT molecular complexity index is 794. The zero-order valence-electron chi connectivity index (χ0n) is 15.9. The van der Waals surface area contributed by atoms with E-state index >= 15 is 0 Å². The third-order valence-corrected chi connectivity index (χ3v) is 4.78. The predicted molar refractivity (Wildman–Crippen MR) is 102 cm³/mol. The number of benzene rings is 1. The average molecular weight is 341 g/mol. The molecule has 0 spiro atoms. The van der Waals surface area contributed by atoms with Crippen LogP contribution in [0.25, 0.3) is 10.9 Å². The number of carbonyl (C=O) groups excluding carboxylic acids is 1. The Morgan fingerprint density at radius 1 is 1.36 bits per heavy atom. The number of halogens is 1. The molecule has 1 heterocycles. The van der Waals surface area contributed by atoms with Gasteiger partial charge in [-0.3, -0.25) is 9.78 Å². The number of pyridine rings is 1. The summed E-state index contributed by atoms with van der Waals surface area (Å²) in [5.41, 5.74) is 2.04. The summed E-state index contributed by atoms with van der Waals surface area (Å²) >= 11 is 0. The molecule has 1 atom stereocenters. The van der Waals surface area contributed by atoms with Crippen LogP contribution >= 0.6 is 0 Å². The van der Waals surface area contributed by atoms with Crippen LogP contribution in [0.4, 0.5) is 4.39 Å². The molecule has 1 aromatic heterocycles. The molecular weight excluding hydrogens is 313 g/mol. The number of nitrogens with zero attached hydrogens (tertiary/aromatic N) is 1. The van der Waals surface area contributed by atoms with Gasteiger partial charge < -0.3 is 0 Å². The van der Waals surface area contributed by atoms with Crippen molar-refractivity contribution < 1.29 is 9.18 Å². The molecule has 0 aliphatic heterocycles. The summed E-state index contributed by atoms with van der Waals surface area (Å²) in [5, 5.41) is 0.737. The number of rotatable bonds is 7. The Hall–Kier alpha value is -2.03. The second kappa shape index (κ2) is 7.90. The Morgan fingerprint density at radius 2 is 2.08 bits per heavy atom. The molecule has 0 aliphatic rings. The normalized spacial score (nSPS) is 14.8. The summed E-state index contributed by atoms with van der Waals surface area (Å²) in [6.45, 7) is 10.5. The van der Waals surface area contributed by atoms with E-state index in [9.17, 15) is 9.18 Å². The van der Waals surface area contributed by atoms with Gasteiger partial charge >= 0.3 is 0 Å². The van der Waals surface area contributed by atoms with Crippen molar-refractivity contribution in [3.8, 4) is 0 Å². The largest absolute Gasteiger partial charge is 0.299 e. The van der Waals surface area contributed by atoms with E-state index in [1.807, 2.05) is 19.1 Å². The lowest BCUT2D eigenvalue weighted by molar-refractivity contribution is -0.128. The molecule has 0 amide bonds. The number of allylic oxidation sites excluding steroid dienone is 2. The molecule has 0 fully saturated rings. The number of aromatic nitrogens is 1. The lowest BCUT2D eigenvalue weighted by Gasteiger charge is -2.30. The highest BCUT2D eigenvalue weighted by molar-refractivity contribution is 5.88. The second-order valence-electron chi connectivity index (χ2n) is 7.73. The Kier molecular flexibility index (Phi) is 6.10. The van der Waals surface area contributed by atoms with Crippen LogP contribution in [0.15, 0.2) is 42.1 Å². The van der Waals surface area contributed by atoms with E-state index in [0.717, 1.165) is 23.8 Å². The fourth-order valence-corrected chi connectivity index (χ4v) is 3.57. The summed E-state index contributed by atoms with van der Waals surface area (Å²) in [5.74, 6) is 0.339. The van der Waals surface area contributed by atoms with Gasteiger partial charge in [0.15, 0.2) is 0 Å². The number of hydrogen-bond acceptors (Lipinski definition) is 2. The van der Waals surface area contributed by atoms with Crippen molar-refractivity contribution in [3.63, 3.8) is 0 Å². The molecule has 3 heteroatoms. The van der Waals surface area contributed by atoms with E-state index in [0.29, 0.717) is 17.9 Å². The molecule has 0 aliphatic carbocycles. The first-order chi connectivity index (χ1) is 11.7. The molecule has 0 N–H and O–H groups in total. The molecule has 134 valence electrons. The molecule has 2 rings (SSSR count). The summed E-state index contributed by atoms with van der Waals surface area (Å²) < 4.78 is 13.8. The van der Waals surface area contributed by atoms with Crippen LogP contribution in [0.3, 0.4) is 0 Å². The fraction of sp³-hybridized carbons (Fsp3) is 0.455. The summed E-state index contributed by atoms with van der Waals surface area (Å²) in [7, 11) is 0. The van der Waals surface area contributed by atoms with Gasteiger partial charge in [-0.25, -0.2) is 4.39 Å². The lowest BCUT2D eigenvalue weighted by atomic mass is 9.72. The number of fused-ring (bicyclic) bond motifs is 1. The Morgan fingerprint density at radius 3 is 2.72 bits per heavy atom. The first-order valence-corrected chi connectivity index (χ1v) is 8.93. The third kappa shape index (κ3) is 4.75. The highest BCUT2D eigenvalue weighted by Crippen LogP contribution is 2.35. The van der Waals surface area contributed by atoms with E-state index in [1.165, 1.54) is 11.6 Å². The van der Waals surface area contributed by atoms with Crippen molar-refractivity contribution in [2.45, 2.75) is 53.9 Å². The Labute approximate surface area is 150 Å². The molecule has 25 heavy (non-hydrogen) atoms. The summed E-state index contributed by atoms with van der Waals surface area (Å²) in [6, 6.07) is 6.78. The van der Waals surface area contributed by atoms with Crippen molar-refractivity contribution in [1.82, 2.24) is 4.98 Å². The van der Waals surface area contributed by atoms with Gasteiger partial charge in [0, 0.05) is 23.4 Å². The standard InChI is InChI=1S/C22H28FNO/c1-6-16(4)13-22(5,12-15(2)3)20(25)11-17-10-18-8-7-9-19(23)21(18)24-14-17/h6-10,14-15H,11-13H2,1-5H3/b16-6+. The van der Waals surface area contributed by atoms with E-state index in [-0.39, 0.29) is 17.0 Å². The smallest absolute Gasteiger partial charge is 0.149 e. The van der Waals surface area contributed by atoms with Crippen LogP contribution in [0.1, 0.15) is 53.0 Å². The monoisotopic (exact) mass is 341 g/mol. The number of ketones is 1. The molecule has 0 bridgehead atoms. The number of hydrogen-bond donors (Lipinski definition) is 0. The van der Waals surface area contributed by atoms with Crippen LogP contribution in [0, 0.1) is 17.2 Å². The maximum atomic E-state index is 13.8. The van der Waals surface area contributed by atoms with E-state index in [4.69, 9.17) is 0 Å². The highest BCUT2D eigenvalue weighted by Gasteiger charge is 2.33. The van der Waals surface area contributed by atoms with Gasteiger partial charge in [-0.05, 0) is 50.3 Å². The molecule has 0 saturated carbocycles. The van der Waals surface area contributed by atoms with Crippen LogP contribution in [0.2, 0.25) is 0 Å². The van der Waals surface area contributed by atoms with E-state index in [2.05, 4.69) is 38.8 Å². The van der Waals surface area contributed by atoms with Crippen molar-refractivity contribution in [1.29, 1.82) is 0 Å². The van der Waals surface area contributed by atoms with Crippen molar-refractivity contribution >= 4 is 16.7 Å². The molecule has 0 saturated heterocycles. The van der Waals surface area contributed by atoms with Gasteiger partial charge in [-0.15, -0.1) is 0 Å². The van der Waals surface area contributed by atoms with Crippen LogP contribution < -0.4 is 0 Å². The van der Waals surface area contributed by atoms with Crippen LogP contribution in [0.5, 0.6) is 0 Å². The Balaban J connectivity index is 2.28. The first kappa shape index (κ1) is 19.3. The lowest BCUT2D eigenvalue weighted by Crippen LogP contribution is -2.31. The topological polar surface area (TPSA) is 30.0 Å². The minimum Gasteiger partial charge on any atom is -0.299 e. The maximum Gasteiger partial charge on any atom is 0.149 e. The SMILES string of the molecule is C/C=C(\C)CC(C)(CC(C)C)C(=O)Cc1cnc2c(F)cccc2c1. The van der Waals surface area contributed by atoms with Gasteiger partial charge in [-0.1, -0.05) is 44.6 Å². The van der Waals surface area contributed by atoms with Crippen LogP contribution in [-0.4, -0.2) is 10.8 Å². The second-order valence-corrected chi connectivity index (χ2v) is 7.73. The summed E-state index contributed by atoms with van der Waals surface area (Å²) in [6.07, 6.45) is 5.66. The predicted octanol–water partition coefficient (Wildman–Crippen LogP) is 5.89. The molecule has 1 unspecified atom stereocenters. The fourth-order valence-electron chi connectivity index (χ4n) is 3.57. The third-order valence-electron chi connectivity index (χ3n) is 4.78. The zero-order chi connectivity index (χ0) is 18.6. The maximum absolute atomic E-state index is 13.8. The number of Topliss-reactive ketones (excluding diaryl/α,β-unsaturated/α-hetero) is 1. The average Bonchev–Trinajstić information content (AvgIpc) is 2.54. The molecule has 1 aromatic carbocycles. The van der Waals surface area contributed by atoms with Crippen molar-refractivity contribution in [2.24, 2.45) is 11.3 Å². The van der Waals surface area contributed by atoms with Gasteiger partial charge in [0.2, 0.25) is 0 Å². The first-order valence-electron chi connectivity index (χ1n) is 8.93. The quantitative estimate of drug-likeness (QED) is 0.587. The highest BCUT2D eigenvalue weighted by atomic mass is 19.1. The van der Waals surface area contributed by atoms with Gasteiger partial charge in [0.1, 0.15) is 17.1 Å². The van der Waals surface area contributed by atoms with Gasteiger partial charge in [-0.2, -0.15) is 0 Å². The van der Waals surface area contributed by atoms with E-state index in [1.54, 1.807) is 12.3 Å². The number of para-hydroxylation sites is 1.